The Balaban J connectivity index is 2.41. The number of hydrazone groups is 1. The van der Waals surface area contributed by atoms with Gasteiger partial charge in [-0.3, -0.25) is 4.79 Å². The van der Waals surface area contributed by atoms with E-state index in [1.54, 1.807) is 6.92 Å². The topological polar surface area (TPSA) is 102 Å². The summed E-state index contributed by atoms with van der Waals surface area (Å²) < 4.78 is 36.6. The van der Waals surface area contributed by atoms with Crippen molar-refractivity contribution in [1.82, 2.24) is 15.2 Å². The van der Waals surface area contributed by atoms with Crippen molar-refractivity contribution in [1.29, 1.82) is 0 Å². The van der Waals surface area contributed by atoms with Crippen LogP contribution in [0.4, 0.5) is 19.0 Å². The molecule has 1 rings (SSSR count). The van der Waals surface area contributed by atoms with Crippen molar-refractivity contribution in [2.75, 3.05) is 0 Å². The van der Waals surface area contributed by atoms with Gasteiger partial charge in [-0.05, 0) is 11.8 Å². The Bertz CT molecular complexity index is 553. The Morgan fingerprint density at radius 1 is 1.62 bits per heavy atom. The predicted octanol–water partition coefficient (Wildman–Crippen LogP) is 1.54. The molecule has 1 aromatic rings. The van der Waals surface area contributed by atoms with Crippen LogP contribution >= 0.6 is 0 Å². The molecule has 11 heteroatoms. The van der Waals surface area contributed by atoms with E-state index in [-0.39, 0.29) is 18.8 Å². The van der Waals surface area contributed by atoms with Crippen LogP contribution in [0, 0.1) is 17.0 Å². The number of alkyl halides is 3. The highest BCUT2D eigenvalue weighted by Crippen LogP contribution is 2.17. The van der Waals surface area contributed by atoms with E-state index in [1.807, 2.05) is 5.43 Å². The summed E-state index contributed by atoms with van der Waals surface area (Å²) >= 11 is 0. The molecule has 0 radical (unpaired) electrons. The zero-order valence-corrected chi connectivity index (χ0v) is 10.9. The Labute approximate surface area is 116 Å². The van der Waals surface area contributed by atoms with E-state index in [4.69, 9.17) is 0 Å². The first-order valence-corrected chi connectivity index (χ1v) is 5.75. The van der Waals surface area contributed by atoms with E-state index in [1.165, 1.54) is 10.7 Å². The first-order valence-electron chi connectivity index (χ1n) is 5.75. The molecule has 1 aromatic heterocycles. The minimum atomic E-state index is -4.38. The number of rotatable bonds is 6. The van der Waals surface area contributed by atoms with Crippen molar-refractivity contribution in [2.24, 2.45) is 5.10 Å². The molecule has 0 fully saturated rings. The van der Waals surface area contributed by atoms with Crippen LogP contribution in [0.15, 0.2) is 11.2 Å². The maximum absolute atomic E-state index is 11.8. The van der Waals surface area contributed by atoms with Crippen molar-refractivity contribution in [3.05, 3.63) is 21.9 Å². The van der Waals surface area contributed by atoms with Crippen LogP contribution in [0.5, 0.6) is 0 Å². The molecule has 0 aliphatic rings. The number of hydrogen-bond acceptors (Lipinski definition) is 5. The molecule has 0 bridgehead atoms. The lowest BCUT2D eigenvalue weighted by atomic mass is 10.4. The highest BCUT2D eigenvalue weighted by molar-refractivity contribution is 5.76. The standard InChI is InChI=1S/C10H12F3N5O3/c1-7-6-8(18(20)21)16-17(7)5-2-9(19)15-14-4-3-10(11,12)13/h4,6H,2-3,5H2,1H3,(H,15,19)/b14-4+. The summed E-state index contributed by atoms with van der Waals surface area (Å²) in [5.74, 6) is -0.956. The van der Waals surface area contributed by atoms with E-state index in [0.29, 0.717) is 11.9 Å². The molecule has 8 nitrogen and oxygen atoms in total. The normalized spacial score (nSPS) is 11.8. The van der Waals surface area contributed by atoms with Crippen LogP contribution in [-0.4, -0.2) is 33.0 Å². The highest BCUT2D eigenvalue weighted by Gasteiger charge is 2.25. The van der Waals surface area contributed by atoms with Crippen molar-refractivity contribution in [2.45, 2.75) is 32.5 Å². The van der Waals surface area contributed by atoms with Gasteiger partial charge >= 0.3 is 12.0 Å². The minimum Gasteiger partial charge on any atom is -0.358 e. The minimum absolute atomic E-state index is 0.0559. The van der Waals surface area contributed by atoms with Gasteiger partial charge in [0.15, 0.2) is 0 Å². The fraction of sp³-hybridized carbons (Fsp3) is 0.500. The fourth-order valence-electron chi connectivity index (χ4n) is 1.34. The molecule has 0 spiro atoms. The number of hydrogen-bond donors (Lipinski definition) is 1. The van der Waals surface area contributed by atoms with Gasteiger partial charge in [0.25, 0.3) is 0 Å². The van der Waals surface area contributed by atoms with Gasteiger partial charge in [0, 0.05) is 12.6 Å². The SMILES string of the molecule is Cc1cc([N+](=O)[O-])nn1CCC(=O)N/N=C/CC(F)(F)F. The van der Waals surface area contributed by atoms with Crippen LogP contribution in [0.3, 0.4) is 0 Å². The zero-order chi connectivity index (χ0) is 16.0. The van der Waals surface area contributed by atoms with Gasteiger partial charge in [0.05, 0.1) is 29.8 Å². The molecule has 1 heterocycles. The average Bonchev–Trinajstić information content (AvgIpc) is 2.73. The van der Waals surface area contributed by atoms with E-state index in [9.17, 15) is 28.1 Å². The largest absolute Gasteiger partial charge is 0.394 e. The third-order valence-corrected chi connectivity index (χ3v) is 2.31. The molecule has 0 atom stereocenters. The van der Waals surface area contributed by atoms with Crippen molar-refractivity contribution in [3.63, 3.8) is 0 Å². The summed E-state index contributed by atoms with van der Waals surface area (Å²) in [5.41, 5.74) is 2.43. The highest BCUT2D eigenvalue weighted by atomic mass is 19.4. The molecule has 0 saturated carbocycles. The van der Waals surface area contributed by atoms with Crippen LogP contribution < -0.4 is 5.43 Å². The summed E-state index contributed by atoms with van der Waals surface area (Å²) in [4.78, 5) is 21.1. The quantitative estimate of drug-likeness (QED) is 0.489. The van der Waals surface area contributed by atoms with Gasteiger partial charge in [0.1, 0.15) is 0 Å². The zero-order valence-electron chi connectivity index (χ0n) is 10.9. The Hall–Kier alpha value is -2.46. The Kier molecular flexibility index (Phi) is 5.38. The fourth-order valence-corrected chi connectivity index (χ4v) is 1.34. The second-order valence-corrected chi connectivity index (χ2v) is 4.04. The number of nitrogens with one attached hydrogen (secondary N) is 1. The molecule has 0 aliphatic heterocycles. The summed E-state index contributed by atoms with van der Waals surface area (Å²) in [6, 6.07) is 1.25. The second kappa shape index (κ2) is 6.81. The maximum atomic E-state index is 11.8. The van der Waals surface area contributed by atoms with Gasteiger partial charge in [-0.25, -0.2) is 5.43 Å². The first-order chi connectivity index (χ1) is 9.69. The Morgan fingerprint density at radius 2 is 2.29 bits per heavy atom. The summed E-state index contributed by atoms with van der Waals surface area (Å²) in [5, 5.41) is 17.3. The maximum Gasteiger partial charge on any atom is 0.394 e. The lowest BCUT2D eigenvalue weighted by Crippen LogP contribution is -2.20. The number of halogens is 3. The van der Waals surface area contributed by atoms with E-state index < -0.39 is 23.4 Å². The van der Waals surface area contributed by atoms with Crippen LogP contribution in [0.2, 0.25) is 0 Å². The number of amides is 1. The van der Waals surface area contributed by atoms with Gasteiger partial charge in [0.2, 0.25) is 5.91 Å². The van der Waals surface area contributed by atoms with E-state index >= 15 is 0 Å². The monoisotopic (exact) mass is 307 g/mol. The summed E-state index contributed by atoms with van der Waals surface area (Å²) in [6.45, 7) is 1.64. The van der Waals surface area contributed by atoms with Crippen LogP contribution in [0.25, 0.3) is 0 Å². The third kappa shape index (κ3) is 6.01. The van der Waals surface area contributed by atoms with Gasteiger partial charge in [-0.1, -0.05) is 0 Å². The molecular weight excluding hydrogens is 295 g/mol. The van der Waals surface area contributed by atoms with Gasteiger partial charge in [-0.15, -0.1) is 0 Å². The molecule has 1 amide bonds. The number of nitrogens with zero attached hydrogens (tertiary/aromatic N) is 4. The molecule has 116 valence electrons. The van der Waals surface area contributed by atoms with Gasteiger partial charge in [-0.2, -0.15) is 23.0 Å². The van der Waals surface area contributed by atoms with Crippen molar-refractivity contribution < 1.29 is 22.9 Å². The molecule has 1 N–H and O–H groups in total. The number of nitro groups is 1. The van der Waals surface area contributed by atoms with Crippen LogP contribution in [0.1, 0.15) is 18.5 Å². The molecule has 0 unspecified atom stereocenters. The second-order valence-electron chi connectivity index (χ2n) is 4.04. The van der Waals surface area contributed by atoms with Crippen molar-refractivity contribution in [3.8, 4) is 0 Å². The van der Waals surface area contributed by atoms with Crippen molar-refractivity contribution >= 4 is 17.9 Å². The Morgan fingerprint density at radius 3 is 2.81 bits per heavy atom. The number of carbonyl (C=O) groups excluding carboxylic acids is 1. The predicted molar refractivity (Wildman–Crippen MR) is 65.5 cm³/mol. The first kappa shape index (κ1) is 16.6. The van der Waals surface area contributed by atoms with Crippen LogP contribution in [-0.2, 0) is 11.3 Å². The number of aromatic nitrogens is 2. The van der Waals surface area contributed by atoms with Gasteiger partial charge < -0.3 is 10.1 Å². The summed E-state index contributed by atoms with van der Waals surface area (Å²) in [7, 11) is 0. The smallest absolute Gasteiger partial charge is 0.358 e. The molecule has 0 aliphatic carbocycles. The van der Waals surface area contributed by atoms with E-state index in [2.05, 4.69) is 10.2 Å². The number of aryl methyl sites for hydroxylation is 2. The molecule has 0 aromatic carbocycles. The summed E-state index contributed by atoms with van der Waals surface area (Å²) in [6.07, 6.45) is -5.19. The molecule has 21 heavy (non-hydrogen) atoms. The lowest BCUT2D eigenvalue weighted by molar-refractivity contribution is -0.389. The number of carbonyl (C=O) groups is 1. The average molecular weight is 307 g/mol. The molecular formula is C10H12F3N5O3. The van der Waals surface area contributed by atoms with E-state index in [0.717, 1.165) is 0 Å². The third-order valence-electron chi connectivity index (χ3n) is 2.31. The lowest BCUT2D eigenvalue weighted by Gasteiger charge is -2.01. The molecule has 0 saturated heterocycles.